The number of allylic oxidation sites excluding steroid dienone is 4. The van der Waals surface area contributed by atoms with Gasteiger partial charge in [-0.2, -0.15) is 0 Å². The van der Waals surface area contributed by atoms with Crippen LogP contribution >= 0.6 is 0 Å². The molecule has 0 bridgehead atoms. The second-order valence-corrected chi connectivity index (χ2v) is 23.1. The van der Waals surface area contributed by atoms with E-state index in [2.05, 4.69) is 244 Å². The van der Waals surface area contributed by atoms with E-state index in [0.29, 0.717) is 11.8 Å². The normalized spacial score (nSPS) is 16.3. The van der Waals surface area contributed by atoms with Gasteiger partial charge in [0.2, 0.25) is 0 Å². The third-order valence-corrected chi connectivity index (χ3v) is 18.0. The summed E-state index contributed by atoms with van der Waals surface area (Å²) in [4.78, 5) is 2.62. The summed E-state index contributed by atoms with van der Waals surface area (Å²) in [7, 11) is 0. The lowest BCUT2D eigenvalue weighted by Gasteiger charge is -2.41. The van der Waals surface area contributed by atoms with Crippen LogP contribution in [-0.4, -0.2) is 0 Å². The number of hydrogen-bond donors (Lipinski definition) is 0. The first-order valence-corrected chi connectivity index (χ1v) is 26.4. The molecule has 0 saturated carbocycles. The summed E-state index contributed by atoms with van der Waals surface area (Å²) in [6.07, 6.45) is 4.47. The van der Waals surface area contributed by atoms with Crippen molar-refractivity contribution in [3.05, 3.63) is 232 Å². The molecule has 0 radical (unpaired) electrons. The summed E-state index contributed by atoms with van der Waals surface area (Å²) in [5, 5.41) is 5.35. The molecule has 0 unspecified atom stereocenters. The minimum Gasteiger partial charge on any atom is -0.314 e. The number of nitrogens with zero attached hydrogens (tertiary/aromatic N) is 1. The molecule has 0 aromatic heterocycles. The summed E-state index contributed by atoms with van der Waals surface area (Å²) in [5.74, 6) is 0.676. The van der Waals surface area contributed by atoms with Crippen molar-refractivity contribution in [1.82, 2.24) is 0 Å². The molecular weight excluding hydrogens is 867 g/mol. The van der Waals surface area contributed by atoms with E-state index in [-0.39, 0.29) is 16.2 Å². The molecule has 0 aliphatic heterocycles. The van der Waals surface area contributed by atoms with Gasteiger partial charge in [-0.15, -0.1) is 0 Å². The molecular formula is C71H63N. The van der Waals surface area contributed by atoms with Gasteiger partial charge in [0.1, 0.15) is 0 Å². The summed E-state index contributed by atoms with van der Waals surface area (Å²) < 4.78 is 0. The number of rotatable bonds is 7. The maximum atomic E-state index is 3.50. The maximum absolute atomic E-state index is 3.50. The fourth-order valence-corrected chi connectivity index (χ4v) is 14.6. The molecule has 4 aliphatic rings. The molecule has 72 heavy (non-hydrogen) atoms. The zero-order valence-corrected chi connectivity index (χ0v) is 43.6. The van der Waals surface area contributed by atoms with Gasteiger partial charge in [0.05, 0.1) is 5.69 Å². The summed E-state index contributed by atoms with van der Waals surface area (Å²) in [5.41, 5.74) is 27.7. The fraction of sp³-hybridized carbons (Fsp3) is 0.239. The van der Waals surface area contributed by atoms with Gasteiger partial charge < -0.3 is 4.90 Å². The minimum atomic E-state index is -0.222. The topological polar surface area (TPSA) is 3.24 Å². The van der Waals surface area contributed by atoms with E-state index in [1.165, 1.54) is 128 Å². The number of fused-ring (bicyclic) bond motifs is 12. The predicted octanol–water partition coefficient (Wildman–Crippen LogP) is 19.0. The van der Waals surface area contributed by atoms with Crippen LogP contribution in [0.4, 0.5) is 11.4 Å². The van der Waals surface area contributed by atoms with E-state index >= 15 is 0 Å². The van der Waals surface area contributed by atoms with E-state index in [1.807, 2.05) is 6.07 Å². The van der Waals surface area contributed by atoms with Crippen LogP contribution < -0.4 is 4.90 Å². The SMILES string of the molecule is Cc1ccc(C)c(-c2cc3c(c4ccccc24)C2=C(C=C(N(c4ccc5c(c4)C(C(C)C)(C(C)C)c4cc6c(cc4-5)C(C)(C)c4ccc5ccccc5c4-6)c4ccccc4-c4c#cccc4)CC2)C3(C)C)c1. The highest BCUT2D eigenvalue weighted by Gasteiger charge is 2.50. The largest absolute Gasteiger partial charge is 0.314 e. The number of para-hydroxylation sites is 1. The van der Waals surface area contributed by atoms with Gasteiger partial charge in [-0.25, -0.2) is 0 Å². The smallest absolute Gasteiger partial charge is 0.0543 e. The lowest BCUT2D eigenvalue weighted by molar-refractivity contribution is 0.280. The molecule has 4 aliphatic carbocycles. The van der Waals surface area contributed by atoms with Crippen molar-refractivity contribution in [2.45, 2.75) is 98.3 Å². The molecule has 0 fully saturated rings. The average Bonchev–Trinajstić information content (AvgIpc) is 3.90. The molecule has 352 valence electrons. The first kappa shape index (κ1) is 44.5. The maximum Gasteiger partial charge on any atom is 0.0543 e. The first-order valence-electron chi connectivity index (χ1n) is 26.4. The Hall–Kier alpha value is -7.40. The van der Waals surface area contributed by atoms with Crippen molar-refractivity contribution in [3.8, 4) is 44.5 Å². The van der Waals surface area contributed by atoms with Crippen LogP contribution in [0.5, 0.6) is 0 Å². The van der Waals surface area contributed by atoms with Gasteiger partial charge in [-0.1, -0.05) is 182 Å². The molecule has 0 atom stereocenters. The van der Waals surface area contributed by atoms with Gasteiger partial charge in [0, 0.05) is 38.8 Å². The molecule has 13 rings (SSSR count). The molecule has 0 amide bonds. The molecule has 9 aromatic rings. The van der Waals surface area contributed by atoms with Crippen LogP contribution in [0.1, 0.15) is 113 Å². The summed E-state index contributed by atoms with van der Waals surface area (Å²) in [6, 6.07) is 67.1. The number of aryl methyl sites for hydroxylation is 2. The highest BCUT2D eigenvalue weighted by atomic mass is 15.2. The van der Waals surface area contributed by atoms with Crippen molar-refractivity contribution in [1.29, 1.82) is 0 Å². The number of hydrogen-bond acceptors (Lipinski definition) is 1. The summed E-state index contributed by atoms with van der Waals surface area (Å²) >= 11 is 0. The van der Waals surface area contributed by atoms with Crippen LogP contribution in [0.25, 0.3) is 71.6 Å². The van der Waals surface area contributed by atoms with E-state index < -0.39 is 0 Å². The minimum absolute atomic E-state index is 0.126. The fourth-order valence-electron chi connectivity index (χ4n) is 14.6. The van der Waals surface area contributed by atoms with Crippen molar-refractivity contribution < 1.29 is 0 Å². The van der Waals surface area contributed by atoms with E-state index in [4.69, 9.17) is 0 Å². The van der Waals surface area contributed by atoms with Crippen molar-refractivity contribution >= 4 is 38.5 Å². The van der Waals surface area contributed by atoms with Crippen LogP contribution in [0.15, 0.2) is 175 Å². The molecule has 0 saturated heterocycles. The first-order chi connectivity index (χ1) is 34.7. The van der Waals surface area contributed by atoms with Crippen molar-refractivity contribution in [2.75, 3.05) is 4.90 Å². The lowest BCUT2D eigenvalue weighted by atomic mass is 9.62. The van der Waals surface area contributed by atoms with Gasteiger partial charge in [0.15, 0.2) is 0 Å². The number of anilines is 2. The second-order valence-electron chi connectivity index (χ2n) is 23.1. The molecule has 1 heteroatoms. The van der Waals surface area contributed by atoms with Crippen LogP contribution in [0, 0.1) is 37.8 Å². The summed E-state index contributed by atoms with van der Waals surface area (Å²) in [6.45, 7) is 24.1. The third-order valence-electron chi connectivity index (χ3n) is 18.0. The van der Waals surface area contributed by atoms with E-state index in [0.717, 1.165) is 24.0 Å². The van der Waals surface area contributed by atoms with Gasteiger partial charge >= 0.3 is 0 Å². The quantitative estimate of drug-likeness (QED) is 0.154. The molecule has 0 heterocycles. The highest BCUT2D eigenvalue weighted by molar-refractivity contribution is 6.08. The Morgan fingerprint density at radius 3 is 1.99 bits per heavy atom. The van der Waals surface area contributed by atoms with E-state index in [9.17, 15) is 0 Å². The lowest BCUT2D eigenvalue weighted by Crippen LogP contribution is -2.37. The molecule has 1 nitrogen and oxygen atoms in total. The van der Waals surface area contributed by atoms with Gasteiger partial charge in [0.25, 0.3) is 0 Å². The molecule has 9 aromatic carbocycles. The van der Waals surface area contributed by atoms with E-state index in [1.54, 1.807) is 0 Å². The third kappa shape index (κ3) is 6.08. The van der Waals surface area contributed by atoms with Crippen molar-refractivity contribution in [2.24, 2.45) is 11.8 Å². The average molecular weight is 930 g/mol. The van der Waals surface area contributed by atoms with Crippen LogP contribution in [-0.2, 0) is 16.2 Å². The molecule has 0 spiro atoms. The van der Waals surface area contributed by atoms with Gasteiger partial charge in [-0.3, -0.25) is 0 Å². The standard InChI is InChI=1S/C71H63N/c1-42(2)71(43(3)4)63-38-49(31-33-53(63)58-40-62-59(41-64(58)71)67-51-24-15-14-22-47(51)30-35-60(67)69(62,7)8)72(66-27-19-18-23-50(66)46-20-12-11-13-21-46)48-32-34-55-61(37-48)70(9,10)65-39-57(56-36-44(5)28-29-45(56)6)52-25-16-17-26-54(52)68(55)65/h11-12,14-20,22-31,33,35-43H,32,34H2,1-10H3. The molecule has 0 N–H and O–H groups in total. The van der Waals surface area contributed by atoms with Crippen LogP contribution in [0.2, 0.25) is 0 Å². The Labute approximate surface area is 427 Å². The number of benzene rings is 8. The Balaban J connectivity index is 1.02. The monoisotopic (exact) mass is 929 g/mol. The van der Waals surface area contributed by atoms with Crippen molar-refractivity contribution in [3.63, 3.8) is 0 Å². The highest BCUT2D eigenvalue weighted by Crippen LogP contribution is 2.62. The van der Waals surface area contributed by atoms with Crippen LogP contribution in [0.3, 0.4) is 0 Å². The Kier molecular flexibility index (Phi) is 9.77. The van der Waals surface area contributed by atoms with Gasteiger partial charge in [-0.05, 0) is 198 Å². The predicted molar refractivity (Wildman–Crippen MR) is 305 cm³/mol. The Bertz CT molecular complexity index is 3820. The second kappa shape index (κ2) is 15.8. The Morgan fingerprint density at radius 2 is 1.21 bits per heavy atom. The zero-order chi connectivity index (χ0) is 49.6. The Morgan fingerprint density at radius 1 is 0.500 bits per heavy atom. The zero-order valence-electron chi connectivity index (χ0n) is 43.6.